The highest BCUT2D eigenvalue weighted by atomic mass is 19.1. The summed E-state index contributed by atoms with van der Waals surface area (Å²) in [5, 5.41) is 0. The quantitative estimate of drug-likeness (QED) is 0.525. The molecule has 5 rings (SSSR count). The number of aromatic nitrogens is 4. The summed E-state index contributed by atoms with van der Waals surface area (Å²) in [4.78, 5) is 15.4. The lowest BCUT2D eigenvalue weighted by Gasteiger charge is -2.14. The molecule has 4 aromatic rings. The summed E-state index contributed by atoms with van der Waals surface area (Å²) in [6.07, 6.45) is 6.47. The van der Waals surface area contributed by atoms with Gasteiger partial charge < -0.3 is 10.6 Å². The number of nitrogen functional groups attached to an aromatic ring is 1. The van der Waals surface area contributed by atoms with Gasteiger partial charge in [0.2, 0.25) is 5.95 Å². The van der Waals surface area contributed by atoms with Crippen LogP contribution in [0.3, 0.4) is 0 Å². The fourth-order valence-corrected chi connectivity index (χ4v) is 3.86. The van der Waals surface area contributed by atoms with Crippen LogP contribution >= 0.6 is 0 Å². The van der Waals surface area contributed by atoms with Gasteiger partial charge in [0, 0.05) is 43.2 Å². The van der Waals surface area contributed by atoms with Crippen LogP contribution in [-0.2, 0) is 6.54 Å². The molecule has 0 saturated heterocycles. The summed E-state index contributed by atoms with van der Waals surface area (Å²) in [7, 11) is 0. The van der Waals surface area contributed by atoms with Gasteiger partial charge in [-0.05, 0) is 35.9 Å². The van der Waals surface area contributed by atoms with E-state index >= 15 is 0 Å². The lowest BCUT2D eigenvalue weighted by Crippen LogP contribution is -2.13. The maximum absolute atomic E-state index is 13.5. The van der Waals surface area contributed by atoms with Gasteiger partial charge in [-0.15, -0.1) is 0 Å². The Hall–Kier alpha value is -4.00. The molecular formula is C24H21FN6. The molecule has 0 atom stereocenters. The Morgan fingerprint density at radius 1 is 0.968 bits per heavy atom. The molecule has 0 amide bonds. The van der Waals surface area contributed by atoms with Gasteiger partial charge in [-0.3, -0.25) is 4.57 Å². The SMILES string of the molecule is Nc1nccc(-c2c(-c3ccc(F)cc3)ncn2C2=CN(Cc3ccccc3)CC2)n1. The number of nitrogens with two attached hydrogens (primary N) is 1. The van der Waals surface area contributed by atoms with E-state index in [1.165, 1.54) is 17.7 Å². The number of benzene rings is 2. The Morgan fingerprint density at radius 3 is 2.55 bits per heavy atom. The van der Waals surface area contributed by atoms with Crippen molar-refractivity contribution in [3.63, 3.8) is 0 Å². The van der Waals surface area contributed by atoms with Crippen LogP contribution in [0.25, 0.3) is 28.3 Å². The molecule has 6 nitrogen and oxygen atoms in total. The molecule has 0 saturated carbocycles. The molecule has 0 spiro atoms. The maximum Gasteiger partial charge on any atom is 0.220 e. The van der Waals surface area contributed by atoms with Crippen LogP contribution in [-0.4, -0.2) is 31.0 Å². The van der Waals surface area contributed by atoms with Crippen molar-refractivity contribution < 1.29 is 4.39 Å². The molecule has 31 heavy (non-hydrogen) atoms. The van der Waals surface area contributed by atoms with Crippen LogP contribution in [0, 0.1) is 5.82 Å². The zero-order valence-corrected chi connectivity index (χ0v) is 16.8. The van der Waals surface area contributed by atoms with Crippen LogP contribution in [0.1, 0.15) is 12.0 Å². The molecule has 1 aliphatic rings. The van der Waals surface area contributed by atoms with Gasteiger partial charge in [-0.1, -0.05) is 30.3 Å². The lowest BCUT2D eigenvalue weighted by atomic mass is 10.1. The zero-order chi connectivity index (χ0) is 21.2. The minimum Gasteiger partial charge on any atom is -0.371 e. The normalized spacial score (nSPS) is 13.5. The maximum atomic E-state index is 13.5. The minimum absolute atomic E-state index is 0.196. The smallest absolute Gasteiger partial charge is 0.220 e. The number of nitrogens with zero attached hydrogens (tertiary/aromatic N) is 5. The van der Waals surface area contributed by atoms with Gasteiger partial charge in [-0.2, -0.15) is 0 Å². The first-order valence-electron chi connectivity index (χ1n) is 10.1. The van der Waals surface area contributed by atoms with E-state index in [-0.39, 0.29) is 11.8 Å². The average Bonchev–Trinajstić information content (AvgIpc) is 3.42. The van der Waals surface area contributed by atoms with E-state index in [1.54, 1.807) is 24.7 Å². The predicted molar refractivity (Wildman–Crippen MR) is 119 cm³/mol. The second kappa shape index (κ2) is 8.02. The number of hydrogen-bond acceptors (Lipinski definition) is 5. The Bertz CT molecular complexity index is 1230. The van der Waals surface area contributed by atoms with E-state index in [4.69, 9.17) is 5.73 Å². The summed E-state index contributed by atoms with van der Waals surface area (Å²) in [6, 6.07) is 18.5. The van der Waals surface area contributed by atoms with Crippen molar-refractivity contribution in [1.29, 1.82) is 0 Å². The second-order valence-corrected chi connectivity index (χ2v) is 7.45. The first-order chi connectivity index (χ1) is 15.2. The summed E-state index contributed by atoms with van der Waals surface area (Å²) in [6.45, 7) is 1.76. The molecule has 154 valence electrons. The van der Waals surface area contributed by atoms with Crippen molar-refractivity contribution in [2.24, 2.45) is 0 Å². The largest absolute Gasteiger partial charge is 0.371 e. The number of halogens is 1. The van der Waals surface area contributed by atoms with Crippen LogP contribution < -0.4 is 5.73 Å². The highest BCUT2D eigenvalue weighted by Gasteiger charge is 2.22. The Kier molecular flexibility index (Phi) is 4.92. The standard InChI is InChI=1S/C24H21FN6/c25-19-8-6-18(7-9-19)22-23(21-10-12-27-24(26)29-21)31(16-28-22)20-11-13-30(15-20)14-17-4-2-1-3-5-17/h1-10,12,15-16H,11,13-14H2,(H2,26,27,29). The first-order valence-corrected chi connectivity index (χ1v) is 10.1. The highest BCUT2D eigenvalue weighted by molar-refractivity contribution is 5.79. The van der Waals surface area contributed by atoms with Crippen molar-refractivity contribution in [2.75, 3.05) is 12.3 Å². The molecular weight excluding hydrogens is 391 g/mol. The Labute approximate surface area is 179 Å². The number of anilines is 1. The van der Waals surface area contributed by atoms with Crippen LogP contribution in [0.4, 0.5) is 10.3 Å². The minimum atomic E-state index is -0.286. The molecule has 7 heteroatoms. The van der Waals surface area contributed by atoms with Crippen molar-refractivity contribution >= 4 is 11.6 Å². The van der Waals surface area contributed by atoms with E-state index in [2.05, 4.69) is 50.3 Å². The topological polar surface area (TPSA) is 72.9 Å². The molecule has 0 bridgehead atoms. The summed E-state index contributed by atoms with van der Waals surface area (Å²) in [5.41, 5.74) is 11.3. The van der Waals surface area contributed by atoms with Gasteiger partial charge >= 0.3 is 0 Å². The zero-order valence-electron chi connectivity index (χ0n) is 16.8. The monoisotopic (exact) mass is 412 g/mol. The fourth-order valence-electron chi connectivity index (χ4n) is 3.86. The average molecular weight is 412 g/mol. The van der Waals surface area contributed by atoms with Gasteiger partial charge in [0.05, 0.1) is 17.1 Å². The van der Waals surface area contributed by atoms with Crippen molar-refractivity contribution in [1.82, 2.24) is 24.4 Å². The molecule has 2 aromatic heterocycles. The molecule has 2 N–H and O–H groups in total. The van der Waals surface area contributed by atoms with E-state index in [0.29, 0.717) is 5.69 Å². The molecule has 0 fully saturated rings. The third-order valence-electron chi connectivity index (χ3n) is 5.33. The third-order valence-corrected chi connectivity index (χ3v) is 5.33. The van der Waals surface area contributed by atoms with Crippen LogP contribution in [0.15, 0.2) is 79.4 Å². The predicted octanol–water partition coefficient (Wildman–Crippen LogP) is 4.43. The van der Waals surface area contributed by atoms with Gasteiger partial charge in [0.25, 0.3) is 0 Å². The highest BCUT2D eigenvalue weighted by Crippen LogP contribution is 2.34. The van der Waals surface area contributed by atoms with Crippen molar-refractivity contribution in [3.8, 4) is 22.6 Å². The third kappa shape index (κ3) is 3.90. The number of hydrogen-bond donors (Lipinski definition) is 1. The Balaban J connectivity index is 1.56. The number of rotatable bonds is 5. The van der Waals surface area contributed by atoms with Crippen LogP contribution in [0.5, 0.6) is 0 Å². The molecule has 0 aliphatic carbocycles. The van der Waals surface area contributed by atoms with Gasteiger partial charge in [0.15, 0.2) is 0 Å². The molecule has 2 aromatic carbocycles. The lowest BCUT2D eigenvalue weighted by molar-refractivity contribution is 0.400. The molecule has 1 aliphatic heterocycles. The first kappa shape index (κ1) is 19.0. The van der Waals surface area contributed by atoms with Crippen molar-refractivity contribution in [3.05, 3.63) is 90.8 Å². The molecule has 3 heterocycles. The van der Waals surface area contributed by atoms with Gasteiger partial charge in [-0.25, -0.2) is 19.3 Å². The number of imidazole rings is 1. The summed E-state index contributed by atoms with van der Waals surface area (Å²) < 4.78 is 15.5. The summed E-state index contributed by atoms with van der Waals surface area (Å²) in [5.74, 6) is -0.0903. The van der Waals surface area contributed by atoms with Gasteiger partial charge in [0.1, 0.15) is 12.1 Å². The van der Waals surface area contributed by atoms with E-state index in [9.17, 15) is 4.39 Å². The second-order valence-electron chi connectivity index (χ2n) is 7.45. The molecule has 0 unspecified atom stereocenters. The molecule has 0 radical (unpaired) electrons. The Morgan fingerprint density at radius 2 is 1.77 bits per heavy atom. The summed E-state index contributed by atoms with van der Waals surface area (Å²) >= 11 is 0. The fraction of sp³-hybridized carbons (Fsp3) is 0.125. The van der Waals surface area contributed by atoms with Crippen molar-refractivity contribution in [2.45, 2.75) is 13.0 Å². The van der Waals surface area contributed by atoms with E-state index in [1.807, 2.05) is 16.7 Å². The van der Waals surface area contributed by atoms with Crippen LogP contribution in [0.2, 0.25) is 0 Å². The van der Waals surface area contributed by atoms with E-state index < -0.39 is 0 Å². The van der Waals surface area contributed by atoms with E-state index in [0.717, 1.165) is 42.2 Å².